The van der Waals surface area contributed by atoms with Crippen molar-refractivity contribution in [1.29, 1.82) is 0 Å². The fraction of sp³-hybridized carbons (Fsp3) is 0.414. The summed E-state index contributed by atoms with van der Waals surface area (Å²) in [5, 5.41) is 4.76. The smallest absolute Gasteiger partial charge is 0.242 e. The van der Waals surface area contributed by atoms with Crippen molar-refractivity contribution in [2.45, 2.75) is 39.7 Å². The zero-order valence-electron chi connectivity index (χ0n) is 21.7. The normalized spacial score (nSPS) is 21.4. The summed E-state index contributed by atoms with van der Waals surface area (Å²) in [7, 11) is 0. The predicted molar refractivity (Wildman–Crippen MR) is 150 cm³/mol. The second-order valence-electron chi connectivity index (χ2n) is 11.1. The van der Waals surface area contributed by atoms with Crippen LogP contribution in [0, 0.1) is 5.41 Å². The van der Waals surface area contributed by atoms with E-state index in [4.69, 9.17) is 4.37 Å². The van der Waals surface area contributed by atoms with Crippen molar-refractivity contribution in [2.75, 3.05) is 47.8 Å². The van der Waals surface area contributed by atoms with Gasteiger partial charge in [0.15, 0.2) is 5.78 Å². The van der Waals surface area contributed by atoms with E-state index in [1.807, 2.05) is 41.3 Å². The van der Waals surface area contributed by atoms with Crippen LogP contribution in [0.1, 0.15) is 33.6 Å². The summed E-state index contributed by atoms with van der Waals surface area (Å²) in [5.74, 6) is 1.30. The minimum atomic E-state index is -0.179. The number of hydrogen-bond acceptors (Lipinski definition) is 7. The van der Waals surface area contributed by atoms with Crippen LogP contribution in [0.25, 0.3) is 10.1 Å². The Labute approximate surface area is 221 Å². The van der Waals surface area contributed by atoms with Gasteiger partial charge in [0, 0.05) is 49.3 Å². The van der Waals surface area contributed by atoms with Gasteiger partial charge in [-0.1, -0.05) is 38.1 Å². The van der Waals surface area contributed by atoms with E-state index in [0.717, 1.165) is 48.0 Å². The first kappa shape index (κ1) is 24.0. The number of carbonyl (C=O) groups is 2. The quantitative estimate of drug-likeness (QED) is 0.535. The molecule has 3 aromatic rings. The van der Waals surface area contributed by atoms with Crippen LogP contribution in [-0.4, -0.2) is 59.7 Å². The van der Waals surface area contributed by atoms with Gasteiger partial charge in [0.1, 0.15) is 5.82 Å². The minimum absolute atomic E-state index is 0.0785. The highest BCUT2D eigenvalue weighted by molar-refractivity contribution is 7.13. The summed E-state index contributed by atoms with van der Waals surface area (Å²) in [6.07, 6.45) is 1.35. The number of anilines is 3. The number of ketones is 1. The molecule has 37 heavy (non-hydrogen) atoms. The Kier molecular flexibility index (Phi) is 5.94. The number of amides is 1. The van der Waals surface area contributed by atoms with Crippen molar-refractivity contribution in [2.24, 2.45) is 5.41 Å². The summed E-state index contributed by atoms with van der Waals surface area (Å²) in [5.41, 5.74) is 3.67. The number of nitrogens with zero attached hydrogens (tertiary/aromatic N) is 4. The number of hydrogen-bond donors (Lipinski definition) is 1. The van der Waals surface area contributed by atoms with Gasteiger partial charge in [-0.15, -0.1) is 0 Å². The van der Waals surface area contributed by atoms with Crippen LogP contribution in [0.5, 0.6) is 0 Å². The van der Waals surface area contributed by atoms with Gasteiger partial charge in [-0.3, -0.25) is 9.59 Å². The maximum absolute atomic E-state index is 13.6. The Balaban J connectivity index is 1.21. The maximum atomic E-state index is 13.6. The van der Waals surface area contributed by atoms with Crippen molar-refractivity contribution >= 4 is 50.5 Å². The van der Waals surface area contributed by atoms with Gasteiger partial charge in [0.2, 0.25) is 5.91 Å². The molecular formula is C29H33N5O2S. The minimum Gasteiger partial charge on any atom is -0.357 e. The number of allylic oxidation sites excluding steroid dienone is 1. The van der Waals surface area contributed by atoms with E-state index in [1.54, 1.807) is 0 Å². The van der Waals surface area contributed by atoms with Crippen LogP contribution in [0.15, 0.2) is 59.8 Å². The van der Waals surface area contributed by atoms with E-state index in [1.165, 1.54) is 21.6 Å². The Morgan fingerprint density at radius 2 is 1.78 bits per heavy atom. The lowest BCUT2D eigenvalue weighted by atomic mass is 9.74. The molecule has 1 aliphatic carbocycles. The largest absolute Gasteiger partial charge is 0.357 e. The van der Waals surface area contributed by atoms with Crippen molar-refractivity contribution in [3.63, 3.8) is 0 Å². The van der Waals surface area contributed by atoms with Crippen molar-refractivity contribution in [3.05, 3.63) is 59.8 Å². The third-order valence-electron chi connectivity index (χ3n) is 7.90. The van der Waals surface area contributed by atoms with Crippen molar-refractivity contribution in [3.8, 4) is 0 Å². The molecule has 8 heteroatoms. The fourth-order valence-electron chi connectivity index (χ4n) is 6.02. The molecule has 1 fully saturated rings. The summed E-state index contributed by atoms with van der Waals surface area (Å²) >= 11 is 1.53. The van der Waals surface area contributed by atoms with Gasteiger partial charge in [0.05, 0.1) is 28.7 Å². The highest BCUT2D eigenvalue weighted by Gasteiger charge is 2.40. The fourth-order valence-corrected chi connectivity index (χ4v) is 6.82. The molecule has 0 bridgehead atoms. The molecule has 192 valence electrons. The monoisotopic (exact) mass is 515 g/mol. The number of carbonyl (C=O) groups excluding carboxylic acids is 2. The van der Waals surface area contributed by atoms with E-state index in [0.29, 0.717) is 19.5 Å². The first-order valence-electron chi connectivity index (χ1n) is 13.1. The summed E-state index contributed by atoms with van der Waals surface area (Å²) in [6.45, 7) is 9.44. The molecule has 7 nitrogen and oxygen atoms in total. The first-order chi connectivity index (χ1) is 17.8. The third-order valence-corrected chi connectivity index (χ3v) is 8.72. The molecular weight excluding hydrogens is 482 g/mol. The molecule has 0 radical (unpaired) electrons. The zero-order valence-corrected chi connectivity index (χ0v) is 22.5. The van der Waals surface area contributed by atoms with Gasteiger partial charge in [-0.2, -0.15) is 4.37 Å². The topological polar surface area (TPSA) is 68.8 Å². The highest BCUT2D eigenvalue weighted by Crippen LogP contribution is 2.43. The van der Waals surface area contributed by atoms with Gasteiger partial charge in [-0.25, -0.2) is 0 Å². The van der Waals surface area contributed by atoms with Gasteiger partial charge in [0.25, 0.3) is 0 Å². The number of rotatable bonds is 3. The second-order valence-corrected chi connectivity index (χ2v) is 12.0. The number of Topliss-reactive ketones (excluding diaryl/α,β-unsaturated/α-hetero) is 1. The molecule has 2 aliphatic heterocycles. The van der Waals surface area contributed by atoms with Crippen molar-refractivity contribution in [1.82, 2.24) is 9.27 Å². The third kappa shape index (κ3) is 4.37. The molecule has 1 aromatic heterocycles. The summed E-state index contributed by atoms with van der Waals surface area (Å²) < 4.78 is 5.88. The van der Waals surface area contributed by atoms with E-state index >= 15 is 0 Å². The Bertz CT molecular complexity index is 1400. The lowest BCUT2D eigenvalue weighted by molar-refractivity contribution is -0.130. The zero-order chi connectivity index (χ0) is 25.7. The van der Waals surface area contributed by atoms with Crippen LogP contribution in [0.4, 0.5) is 17.2 Å². The Morgan fingerprint density at radius 1 is 1.05 bits per heavy atom. The van der Waals surface area contributed by atoms with E-state index < -0.39 is 0 Å². The van der Waals surface area contributed by atoms with Gasteiger partial charge in [-0.05, 0) is 54.6 Å². The van der Waals surface area contributed by atoms with Gasteiger partial charge < -0.3 is 20.0 Å². The molecule has 1 N–H and O–H groups in total. The molecule has 1 amide bonds. The number of piperazine rings is 1. The maximum Gasteiger partial charge on any atom is 0.242 e. The van der Waals surface area contributed by atoms with Crippen LogP contribution in [0.3, 0.4) is 0 Å². The SMILES string of the molecule is CC1C2=C(CC(C)(C)CC2=O)Nc2ccccc2N1CC(=O)N1CCN(c2nsc3ccccc23)CC1. The van der Waals surface area contributed by atoms with Crippen LogP contribution in [0.2, 0.25) is 0 Å². The number of aromatic nitrogens is 1. The predicted octanol–water partition coefficient (Wildman–Crippen LogP) is 4.91. The summed E-state index contributed by atoms with van der Waals surface area (Å²) in [4.78, 5) is 33.3. The Hall–Kier alpha value is -3.39. The molecule has 1 saturated heterocycles. The molecule has 1 unspecified atom stereocenters. The molecule has 0 saturated carbocycles. The highest BCUT2D eigenvalue weighted by atomic mass is 32.1. The number of fused-ring (bicyclic) bond motifs is 2. The molecule has 3 heterocycles. The van der Waals surface area contributed by atoms with Gasteiger partial charge >= 0.3 is 0 Å². The molecule has 2 aromatic carbocycles. The lowest BCUT2D eigenvalue weighted by Crippen LogP contribution is -2.52. The molecule has 3 aliphatic rings. The van der Waals surface area contributed by atoms with E-state index in [-0.39, 0.29) is 29.7 Å². The molecule has 0 spiro atoms. The Morgan fingerprint density at radius 3 is 2.59 bits per heavy atom. The standard InChI is InChI=1S/C29H33N5O2S/c1-19-27-22(16-29(2,3)17-24(27)35)30-21-9-5-6-10-23(21)34(19)18-26(36)32-12-14-33(15-13-32)28-20-8-4-7-11-25(20)37-31-28/h4-11,19,30H,12-18H2,1-3H3. The number of para-hydroxylation sites is 2. The van der Waals surface area contributed by atoms with Crippen LogP contribution >= 0.6 is 11.5 Å². The molecule has 1 atom stereocenters. The molecule has 6 rings (SSSR count). The number of nitrogens with one attached hydrogen (secondary N) is 1. The average Bonchev–Trinajstić information content (AvgIpc) is 3.26. The van der Waals surface area contributed by atoms with Crippen molar-refractivity contribution < 1.29 is 9.59 Å². The van der Waals surface area contributed by atoms with E-state index in [2.05, 4.69) is 48.0 Å². The van der Waals surface area contributed by atoms with E-state index in [9.17, 15) is 9.59 Å². The first-order valence-corrected chi connectivity index (χ1v) is 13.8. The lowest BCUT2D eigenvalue weighted by Gasteiger charge is -2.38. The van der Waals surface area contributed by atoms with Crippen LogP contribution < -0.4 is 15.1 Å². The van der Waals surface area contributed by atoms with Crippen LogP contribution in [-0.2, 0) is 9.59 Å². The second kappa shape index (κ2) is 9.17. The average molecular weight is 516 g/mol. The summed E-state index contributed by atoms with van der Waals surface area (Å²) in [6, 6.07) is 16.2. The number of benzene rings is 2.